The second-order valence-electron chi connectivity index (χ2n) is 9.11. The molecule has 33 heavy (non-hydrogen) atoms. The normalized spacial score (nSPS) is 23.3. The highest BCUT2D eigenvalue weighted by atomic mass is 16.5. The number of para-hydroxylation sites is 1. The first-order valence-electron chi connectivity index (χ1n) is 11.5. The van der Waals surface area contributed by atoms with Gasteiger partial charge in [0.2, 0.25) is 0 Å². The van der Waals surface area contributed by atoms with Crippen molar-refractivity contribution in [3.63, 3.8) is 0 Å². The Hall–Kier alpha value is -3.35. The van der Waals surface area contributed by atoms with E-state index in [9.17, 15) is 14.4 Å². The Morgan fingerprint density at radius 2 is 1.79 bits per heavy atom. The van der Waals surface area contributed by atoms with Crippen molar-refractivity contribution in [2.45, 2.75) is 45.1 Å². The Kier molecular flexibility index (Phi) is 5.56. The summed E-state index contributed by atoms with van der Waals surface area (Å²) in [6.07, 6.45) is 2.81. The van der Waals surface area contributed by atoms with Crippen LogP contribution in [0.25, 0.3) is 21.9 Å². The van der Waals surface area contributed by atoms with E-state index in [1.807, 2.05) is 30.3 Å². The van der Waals surface area contributed by atoms with Gasteiger partial charge in [0, 0.05) is 28.7 Å². The number of ketones is 1. The SMILES string of the molecule is COc1cc2c(cc1NC(=O)[C@H](C)OC(=O)C1C[C@@H]3CCC[C@@H](C1)C3=O)oc1ccccc12. The van der Waals surface area contributed by atoms with Crippen LogP contribution in [0, 0.1) is 17.8 Å². The lowest BCUT2D eigenvalue weighted by atomic mass is 9.67. The molecule has 7 heteroatoms. The number of carbonyl (C=O) groups is 3. The summed E-state index contributed by atoms with van der Waals surface area (Å²) in [6.45, 7) is 1.55. The molecule has 1 heterocycles. The number of hydrogen-bond donors (Lipinski definition) is 1. The molecule has 0 unspecified atom stereocenters. The van der Waals surface area contributed by atoms with E-state index in [4.69, 9.17) is 13.9 Å². The van der Waals surface area contributed by atoms with Gasteiger partial charge in [-0.05, 0) is 44.7 Å². The summed E-state index contributed by atoms with van der Waals surface area (Å²) in [5.41, 5.74) is 1.81. The van der Waals surface area contributed by atoms with Gasteiger partial charge in [0.05, 0.1) is 18.7 Å². The van der Waals surface area contributed by atoms with Gasteiger partial charge in [0.15, 0.2) is 6.10 Å². The van der Waals surface area contributed by atoms with E-state index in [1.54, 1.807) is 13.0 Å². The molecule has 3 aromatic rings. The molecule has 3 atom stereocenters. The molecule has 2 saturated carbocycles. The van der Waals surface area contributed by atoms with Crippen molar-refractivity contribution >= 4 is 45.3 Å². The minimum Gasteiger partial charge on any atom is -0.495 e. The highest BCUT2D eigenvalue weighted by Crippen LogP contribution is 2.41. The molecule has 0 spiro atoms. The predicted octanol–water partition coefficient (Wildman–Crippen LogP) is 4.86. The standard InChI is InChI=1S/C26H27NO6/c1-14(32-26(30)17-10-15-6-5-7-16(11-17)24(15)28)25(29)27-20-13-22-19(12-23(20)31-2)18-8-3-4-9-21(18)33-22/h3-4,8-9,12-17H,5-7,10-11H2,1-2H3,(H,27,29)/t14-,15-,16-/m0/s1. The third kappa shape index (κ3) is 3.96. The van der Waals surface area contributed by atoms with Crippen molar-refractivity contribution < 1.29 is 28.3 Å². The Bertz CT molecular complexity index is 1230. The van der Waals surface area contributed by atoms with Gasteiger partial charge in [-0.3, -0.25) is 14.4 Å². The summed E-state index contributed by atoms with van der Waals surface area (Å²) >= 11 is 0. The second kappa shape index (κ2) is 8.54. The number of carbonyl (C=O) groups excluding carboxylic acids is 3. The van der Waals surface area contributed by atoms with Gasteiger partial charge in [-0.25, -0.2) is 0 Å². The van der Waals surface area contributed by atoms with Gasteiger partial charge < -0.3 is 19.2 Å². The quantitative estimate of drug-likeness (QED) is 0.559. The maximum Gasteiger partial charge on any atom is 0.309 e. The van der Waals surface area contributed by atoms with Crippen LogP contribution in [0.1, 0.15) is 39.0 Å². The van der Waals surface area contributed by atoms with Gasteiger partial charge in [0.25, 0.3) is 5.91 Å². The maximum atomic E-state index is 12.8. The Balaban J connectivity index is 1.29. The van der Waals surface area contributed by atoms with E-state index in [0.29, 0.717) is 35.6 Å². The number of methoxy groups -OCH3 is 1. The van der Waals surface area contributed by atoms with Gasteiger partial charge in [-0.1, -0.05) is 24.6 Å². The van der Waals surface area contributed by atoms with E-state index in [2.05, 4.69) is 5.32 Å². The van der Waals surface area contributed by atoms with Crippen LogP contribution in [0.2, 0.25) is 0 Å². The molecule has 1 aromatic heterocycles. The molecular weight excluding hydrogens is 422 g/mol. The number of furan rings is 1. The number of benzene rings is 2. The number of Topliss-reactive ketones (excluding diaryl/α,β-unsaturated/α-hetero) is 1. The Morgan fingerprint density at radius 3 is 2.52 bits per heavy atom. The van der Waals surface area contributed by atoms with E-state index >= 15 is 0 Å². The topological polar surface area (TPSA) is 94.8 Å². The molecule has 1 N–H and O–H groups in total. The number of ether oxygens (including phenoxy) is 2. The average Bonchev–Trinajstić information content (AvgIpc) is 3.15. The number of amides is 1. The highest BCUT2D eigenvalue weighted by molar-refractivity contribution is 6.08. The highest BCUT2D eigenvalue weighted by Gasteiger charge is 2.42. The summed E-state index contributed by atoms with van der Waals surface area (Å²) < 4.78 is 16.9. The van der Waals surface area contributed by atoms with Crippen LogP contribution in [0.3, 0.4) is 0 Å². The average molecular weight is 450 g/mol. The first-order valence-corrected chi connectivity index (χ1v) is 11.5. The van der Waals surface area contributed by atoms with Crippen LogP contribution in [0.4, 0.5) is 5.69 Å². The Labute approximate surface area is 191 Å². The fourth-order valence-electron chi connectivity index (χ4n) is 5.25. The zero-order valence-corrected chi connectivity index (χ0v) is 18.8. The molecular formula is C26H27NO6. The largest absolute Gasteiger partial charge is 0.495 e. The molecule has 5 rings (SSSR count). The number of fused-ring (bicyclic) bond motifs is 5. The summed E-state index contributed by atoms with van der Waals surface area (Å²) in [6, 6.07) is 11.2. The number of rotatable bonds is 5. The summed E-state index contributed by atoms with van der Waals surface area (Å²) in [5, 5.41) is 4.64. The molecule has 172 valence electrons. The van der Waals surface area contributed by atoms with Crippen LogP contribution >= 0.6 is 0 Å². The molecule has 1 amide bonds. The number of nitrogens with one attached hydrogen (secondary N) is 1. The van der Waals surface area contributed by atoms with Crippen LogP contribution < -0.4 is 10.1 Å². The molecule has 7 nitrogen and oxygen atoms in total. The lowest BCUT2D eigenvalue weighted by molar-refractivity contribution is -0.161. The third-order valence-corrected chi connectivity index (χ3v) is 7.00. The molecule has 2 bridgehead atoms. The Morgan fingerprint density at radius 1 is 1.06 bits per heavy atom. The number of esters is 1. The zero-order chi connectivity index (χ0) is 23.1. The van der Waals surface area contributed by atoms with Crippen molar-refractivity contribution in [2.75, 3.05) is 12.4 Å². The first-order chi connectivity index (χ1) is 15.9. The van der Waals surface area contributed by atoms with Crippen molar-refractivity contribution in [3.8, 4) is 5.75 Å². The molecule has 0 saturated heterocycles. The van der Waals surface area contributed by atoms with Gasteiger partial charge in [-0.15, -0.1) is 0 Å². The van der Waals surface area contributed by atoms with Crippen molar-refractivity contribution in [2.24, 2.45) is 17.8 Å². The molecule has 2 aromatic carbocycles. The lowest BCUT2D eigenvalue weighted by Crippen LogP contribution is -2.41. The van der Waals surface area contributed by atoms with Crippen LogP contribution in [0.5, 0.6) is 5.75 Å². The molecule has 2 fully saturated rings. The van der Waals surface area contributed by atoms with E-state index in [1.165, 1.54) is 7.11 Å². The van der Waals surface area contributed by atoms with Crippen molar-refractivity contribution in [1.82, 2.24) is 0 Å². The van der Waals surface area contributed by atoms with Gasteiger partial charge in [-0.2, -0.15) is 0 Å². The maximum absolute atomic E-state index is 12.8. The van der Waals surface area contributed by atoms with E-state index in [0.717, 1.165) is 35.6 Å². The molecule has 0 aliphatic heterocycles. The van der Waals surface area contributed by atoms with Crippen LogP contribution in [-0.2, 0) is 19.1 Å². The fourth-order valence-corrected chi connectivity index (χ4v) is 5.25. The molecule has 2 aliphatic rings. The lowest BCUT2D eigenvalue weighted by Gasteiger charge is -2.36. The first kappa shape index (κ1) is 21.5. The third-order valence-electron chi connectivity index (χ3n) is 7.00. The summed E-state index contributed by atoms with van der Waals surface area (Å²) in [7, 11) is 1.53. The number of anilines is 1. The minimum atomic E-state index is -0.981. The van der Waals surface area contributed by atoms with E-state index < -0.39 is 18.0 Å². The van der Waals surface area contributed by atoms with Gasteiger partial charge >= 0.3 is 5.97 Å². The summed E-state index contributed by atoms with van der Waals surface area (Å²) in [4.78, 5) is 37.9. The fraction of sp³-hybridized carbons (Fsp3) is 0.423. The van der Waals surface area contributed by atoms with E-state index in [-0.39, 0.29) is 17.8 Å². The predicted molar refractivity (Wildman–Crippen MR) is 123 cm³/mol. The monoisotopic (exact) mass is 449 g/mol. The van der Waals surface area contributed by atoms with Crippen LogP contribution in [-0.4, -0.2) is 30.9 Å². The molecule has 0 radical (unpaired) electrons. The minimum absolute atomic E-state index is 0.0426. The smallest absolute Gasteiger partial charge is 0.309 e. The van der Waals surface area contributed by atoms with Gasteiger partial charge in [0.1, 0.15) is 22.7 Å². The van der Waals surface area contributed by atoms with Crippen molar-refractivity contribution in [1.29, 1.82) is 0 Å². The van der Waals surface area contributed by atoms with Crippen molar-refractivity contribution in [3.05, 3.63) is 36.4 Å². The number of hydrogen-bond acceptors (Lipinski definition) is 6. The second-order valence-corrected chi connectivity index (χ2v) is 9.11. The zero-order valence-electron chi connectivity index (χ0n) is 18.8. The summed E-state index contributed by atoms with van der Waals surface area (Å²) in [5.74, 6) is -0.484. The molecule has 2 aliphatic carbocycles. The van der Waals surface area contributed by atoms with Crippen LogP contribution in [0.15, 0.2) is 40.8 Å².